The minimum absolute atomic E-state index is 0.496. The Morgan fingerprint density at radius 3 is 2.81 bits per heavy atom. The number of aromatic nitrogens is 1. The van der Waals surface area contributed by atoms with E-state index in [-0.39, 0.29) is 0 Å². The number of guanidine groups is 1. The lowest BCUT2D eigenvalue weighted by molar-refractivity contribution is 0.105. The lowest BCUT2D eigenvalue weighted by atomic mass is 10.2. The van der Waals surface area contributed by atoms with Crippen molar-refractivity contribution in [2.24, 2.45) is 4.99 Å². The van der Waals surface area contributed by atoms with Crippen molar-refractivity contribution in [3.8, 4) is 11.3 Å². The molecule has 0 saturated carbocycles. The molecule has 2 N–H and O–H groups in total. The van der Waals surface area contributed by atoms with Crippen molar-refractivity contribution in [1.29, 1.82) is 0 Å². The molecule has 27 heavy (non-hydrogen) atoms. The van der Waals surface area contributed by atoms with Crippen molar-refractivity contribution in [3.63, 3.8) is 0 Å². The van der Waals surface area contributed by atoms with Crippen LogP contribution >= 0.6 is 0 Å². The third kappa shape index (κ3) is 6.00. The van der Waals surface area contributed by atoms with Crippen LogP contribution in [0.4, 0.5) is 0 Å². The third-order valence-corrected chi connectivity index (χ3v) is 3.86. The molecule has 0 amide bonds. The van der Waals surface area contributed by atoms with Gasteiger partial charge in [-0.15, -0.1) is 0 Å². The molecule has 3 rings (SSSR count). The summed E-state index contributed by atoms with van der Waals surface area (Å²) in [6, 6.07) is 15.6. The summed E-state index contributed by atoms with van der Waals surface area (Å²) in [7, 11) is 1.74. The van der Waals surface area contributed by atoms with E-state index in [4.69, 9.17) is 13.7 Å². The van der Waals surface area contributed by atoms with E-state index in [0.717, 1.165) is 35.7 Å². The molecule has 0 spiro atoms. The maximum absolute atomic E-state index is 5.55. The first kappa shape index (κ1) is 18.7. The molecule has 0 saturated heterocycles. The summed E-state index contributed by atoms with van der Waals surface area (Å²) in [4.78, 5) is 4.21. The van der Waals surface area contributed by atoms with Gasteiger partial charge in [0.15, 0.2) is 11.7 Å². The summed E-state index contributed by atoms with van der Waals surface area (Å²) < 4.78 is 16.2. The van der Waals surface area contributed by atoms with Crippen LogP contribution in [0.1, 0.15) is 17.9 Å². The van der Waals surface area contributed by atoms with Crippen LogP contribution in [0, 0.1) is 0 Å². The highest BCUT2D eigenvalue weighted by Gasteiger charge is 2.07. The van der Waals surface area contributed by atoms with Crippen LogP contribution in [0.25, 0.3) is 11.3 Å². The topological polar surface area (TPSA) is 84.8 Å². The van der Waals surface area contributed by atoms with E-state index in [1.165, 1.54) is 0 Å². The number of aliphatic imine (C=N–C) groups is 1. The van der Waals surface area contributed by atoms with Gasteiger partial charge >= 0.3 is 0 Å². The van der Waals surface area contributed by atoms with E-state index in [9.17, 15) is 0 Å². The van der Waals surface area contributed by atoms with E-state index < -0.39 is 0 Å². The quantitative estimate of drug-likeness (QED) is 0.343. The van der Waals surface area contributed by atoms with Crippen LogP contribution in [0.2, 0.25) is 0 Å². The van der Waals surface area contributed by atoms with Gasteiger partial charge in [0.25, 0.3) is 0 Å². The molecule has 0 aliphatic rings. The van der Waals surface area contributed by atoms with Gasteiger partial charge in [0, 0.05) is 31.8 Å². The van der Waals surface area contributed by atoms with Gasteiger partial charge in [0.1, 0.15) is 18.1 Å². The second kappa shape index (κ2) is 10.2. The summed E-state index contributed by atoms with van der Waals surface area (Å²) in [5, 5.41) is 10.6. The molecule has 1 aromatic carbocycles. The lowest BCUT2D eigenvalue weighted by Gasteiger charge is -2.10. The van der Waals surface area contributed by atoms with Gasteiger partial charge in [0.05, 0.1) is 12.8 Å². The molecule has 3 aromatic rings. The normalized spacial score (nSPS) is 11.5. The highest BCUT2D eigenvalue weighted by Crippen LogP contribution is 2.19. The average molecular weight is 368 g/mol. The number of hydrogen-bond acceptors (Lipinski definition) is 5. The monoisotopic (exact) mass is 368 g/mol. The molecule has 0 radical (unpaired) electrons. The molecule has 0 aliphatic heterocycles. The largest absolute Gasteiger partial charge is 0.467 e. The van der Waals surface area contributed by atoms with E-state index >= 15 is 0 Å². The van der Waals surface area contributed by atoms with Crippen LogP contribution in [-0.2, 0) is 17.9 Å². The summed E-state index contributed by atoms with van der Waals surface area (Å²) >= 11 is 0. The number of hydrogen-bond donors (Lipinski definition) is 2. The molecule has 7 nitrogen and oxygen atoms in total. The number of nitrogens with one attached hydrogen (secondary N) is 2. The fourth-order valence-electron chi connectivity index (χ4n) is 2.48. The van der Waals surface area contributed by atoms with Gasteiger partial charge in [-0.25, -0.2) is 0 Å². The zero-order valence-corrected chi connectivity index (χ0v) is 15.4. The second-order valence-corrected chi connectivity index (χ2v) is 5.89. The fraction of sp³-hybridized carbons (Fsp3) is 0.300. The van der Waals surface area contributed by atoms with Gasteiger partial charge in [-0.1, -0.05) is 35.5 Å². The molecule has 0 bridgehead atoms. The smallest absolute Gasteiger partial charge is 0.191 e. The molecule has 7 heteroatoms. The van der Waals surface area contributed by atoms with Crippen LogP contribution in [0.3, 0.4) is 0 Å². The standard InChI is InChI=1S/C20H24N4O3/c1-21-20(22-10-6-11-25-15-18-9-5-12-26-18)23-14-17-13-19(27-24-17)16-7-3-2-4-8-16/h2-5,7-9,12-13H,6,10-11,14-15H2,1H3,(H2,21,22,23). The van der Waals surface area contributed by atoms with Crippen molar-refractivity contribution in [3.05, 3.63) is 66.2 Å². The zero-order valence-electron chi connectivity index (χ0n) is 15.4. The number of rotatable bonds is 9. The van der Waals surface area contributed by atoms with Gasteiger partial charge in [0.2, 0.25) is 0 Å². The van der Waals surface area contributed by atoms with Crippen LogP contribution < -0.4 is 10.6 Å². The van der Waals surface area contributed by atoms with Crippen molar-refractivity contribution in [1.82, 2.24) is 15.8 Å². The van der Waals surface area contributed by atoms with Gasteiger partial charge in [-0.3, -0.25) is 4.99 Å². The van der Waals surface area contributed by atoms with E-state index in [1.54, 1.807) is 13.3 Å². The molecule has 0 unspecified atom stereocenters. The Bertz CT molecular complexity index is 813. The fourth-order valence-corrected chi connectivity index (χ4v) is 2.48. The SMILES string of the molecule is CN=C(NCCCOCc1ccco1)NCc1cc(-c2ccccc2)on1. The Morgan fingerprint density at radius 1 is 1.15 bits per heavy atom. The van der Waals surface area contributed by atoms with Crippen molar-refractivity contribution in [2.45, 2.75) is 19.6 Å². The molecule has 0 aliphatic carbocycles. The highest BCUT2D eigenvalue weighted by atomic mass is 16.5. The molecular formula is C20H24N4O3. The molecule has 0 atom stereocenters. The highest BCUT2D eigenvalue weighted by molar-refractivity contribution is 5.79. The van der Waals surface area contributed by atoms with Gasteiger partial charge in [-0.2, -0.15) is 0 Å². The second-order valence-electron chi connectivity index (χ2n) is 5.89. The number of benzene rings is 1. The van der Waals surface area contributed by atoms with Crippen molar-refractivity contribution < 1.29 is 13.7 Å². The zero-order chi connectivity index (χ0) is 18.7. The Kier molecular flexibility index (Phi) is 7.06. The molecule has 0 fully saturated rings. The molecular weight excluding hydrogens is 344 g/mol. The van der Waals surface area contributed by atoms with Crippen LogP contribution in [0.15, 0.2) is 68.7 Å². The summed E-state index contributed by atoms with van der Waals surface area (Å²) in [6.07, 6.45) is 2.51. The maximum atomic E-state index is 5.55. The minimum atomic E-state index is 0.496. The summed E-state index contributed by atoms with van der Waals surface area (Å²) in [5.74, 6) is 2.30. The molecule has 2 heterocycles. The first-order chi connectivity index (χ1) is 13.3. The van der Waals surface area contributed by atoms with Crippen molar-refractivity contribution >= 4 is 5.96 Å². The minimum Gasteiger partial charge on any atom is -0.467 e. The number of furan rings is 1. The number of nitrogens with zero attached hydrogens (tertiary/aromatic N) is 2. The lowest BCUT2D eigenvalue weighted by Crippen LogP contribution is -2.37. The Balaban J connectivity index is 1.34. The Labute approximate surface area is 158 Å². The summed E-state index contributed by atoms with van der Waals surface area (Å²) in [6.45, 7) is 2.43. The van der Waals surface area contributed by atoms with Gasteiger partial charge in [-0.05, 0) is 18.6 Å². The predicted molar refractivity (Wildman–Crippen MR) is 103 cm³/mol. The van der Waals surface area contributed by atoms with Gasteiger partial charge < -0.3 is 24.3 Å². The Hall–Kier alpha value is -3.06. The third-order valence-electron chi connectivity index (χ3n) is 3.86. The first-order valence-corrected chi connectivity index (χ1v) is 8.91. The van der Waals surface area contributed by atoms with E-state index in [1.807, 2.05) is 48.5 Å². The molecule has 142 valence electrons. The Morgan fingerprint density at radius 2 is 2.04 bits per heavy atom. The number of ether oxygens (including phenoxy) is 1. The summed E-state index contributed by atoms with van der Waals surface area (Å²) in [5.41, 5.74) is 1.83. The maximum Gasteiger partial charge on any atom is 0.191 e. The first-order valence-electron chi connectivity index (χ1n) is 8.91. The predicted octanol–water partition coefficient (Wildman–Crippen LogP) is 3.21. The van der Waals surface area contributed by atoms with Crippen molar-refractivity contribution in [2.75, 3.05) is 20.2 Å². The van der Waals surface area contributed by atoms with E-state index in [2.05, 4.69) is 20.8 Å². The average Bonchev–Trinajstić information content (AvgIpc) is 3.39. The van der Waals surface area contributed by atoms with E-state index in [0.29, 0.717) is 25.7 Å². The molecule has 2 aromatic heterocycles. The van der Waals surface area contributed by atoms with Crippen LogP contribution in [-0.4, -0.2) is 31.3 Å². The van der Waals surface area contributed by atoms with Crippen LogP contribution in [0.5, 0.6) is 0 Å².